The zero-order valence-electron chi connectivity index (χ0n) is 4.61. The fourth-order valence-electron chi connectivity index (χ4n) is 0.392. The molecule has 1 aliphatic rings. The van der Waals surface area contributed by atoms with Gasteiger partial charge in [0.1, 0.15) is 6.07 Å². The van der Waals surface area contributed by atoms with E-state index >= 15 is 0 Å². The Morgan fingerprint density at radius 2 is 2.56 bits per heavy atom. The highest BCUT2D eigenvalue weighted by atomic mass is 32.2. The quantitative estimate of drug-likeness (QED) is 0.508. The van der Waals surface area contributed by atoms with Gasteiger partial charge in [-0.2, -0.15) is 5.26 Å². The maximum atomic E-state index is 8.37. The summed E-state index contributed by atoms with van der Waals surface area (Å²) < 4.78 is 0. The van der Waals surface area contributed by atoms with Gasteiger partial charge in [-0.1, -0.05) is 0 Å². The summed E-state index contributed by atoms with van der Waals surface area (Å²) in [6, 6.07) is 1.99. The fourth-order valence-corrected chi connectivity index (χ4v) is 0.871. The van der Waals surface area contributed by atoms with Crippen LogP contribution in [0.15, 0.2) is 27.6 Å². The van der Waals surface area contributed by atoms with Crippen LogP contribution in [0.2, 0.25) is 0 Å². The molecule has 0 saturated heterocycles. The molecule has 1 aliphatic heterocycles. The Hall–Kier alpha value is -1.01. The van der Waals surface area contributed by atoms with Gasteiger partial charge in [-0.25, -0.2) is 0 Å². The van der Waals surface area contributed by atoms with Crippen molar-refractivity contribution in [3.8, 4) is 6.07 Å². The third-order valence-corrected chi connectivity index (χ3v) is 1.43. The van der Waals surface area contributed by atoms with Crippen LogP contribution in [0, 0.1) is 11.3 Å². The topological polar surface area (TPSA) is 36.1 Å². The summed E-state index contributed by atoms with van der Waals surface area (Å²) in [5.41, 5.74) is 0.602. The summed E-state index contributed by atoms with van der Waals surface area (Å²) in [6.07, 6.45) is 3.20. The van der Waals surface area contributed by atoms with Crippen LogP contribution in [0.4, 0.5) is 0 Å². The molecule has 0 spiro atoms. The third kappa shape index (κ3) is 1.74. The molecular formula is C6H4N2S. The van der Waals surface area contributed by atoms with E-state index in [1.165, 1.54) is 18.0 Å². The molecule has 0 aliphatic carbocycles. The minimum Gasteiger partial charge on any atom is -0.263 e. The van der Waals surface area contributed by atoms with Crippen molar-refractivity contribution in [1.29, 1.82) is 5.26 Å². The first kappa shape index (κ1) is 6.12. The van der Waals surface area contributed by atoms with Crippen LogP contribution in [0.3, 0.4) is 0 Å². The van der Waals surface area contributed by atoms with Gasteiger partial charge in [0, 0.05) is 12.4 Å². The number of aliphatic imine (C=N–C) groups is 1. The van der Waals surface area contributed by atoms with E-state index in [0.717, 1.165) is 0 Å². The molecule has 0 radical (unpaired) electrons. The lowest BCUT2D eigenvalue weighted by Crippen LogP contribution is -1.74. The number of thioether (sulfide) groups is 1. The Balaban J connectivity index is 2.78. The molecule has 0 atom stereocenters. The van der Waals surface area contributed by atoms with Gasteiger partial charge in [0.15, 0.2) is 0 Å². The first-order chi connectivity index (χ1) is 4.43. The second-order valence-corrected chi connectivity index (χ2v) is 2.16. The maximum Gasteiger partial charge on any atom is 0.101 e. The summed E-state index contributed by atoms with van der Waals surface area (Å²) in [4.78, 5) is 3.81. The smallest absolute Gasteiger partial charge is 0.101 e. The Morgan fingerprint density at radius 1 is 1.67 bits per heavy atom. The average Bonchev–Trinajstić information content (AvgIpc) is 2.13. The highest BCUT2D eigenvalue weighted by Crippen LogP contribution is 2.09. The molecule has 0 aromatic carbocycles. The molecular weight excluding hydrogens is 132 g/mol. The number of allylic oxidation sites excluding steroid dienone is 1. The number of nitrogens with zero attached hydrogens (tertiary/aromatic N) is 2. The van der Waals surface area contributed by atoms with E-state index < -0.39 is 0 Å². The summed E-state index contributed by atoms with van der Waals surface area (Å²) in [5.74, 6) is 0. The van der Waals surface area contributed by atoms with Crippen molar-refractivity contribution >= 4 is 18.0 Å². The molecule has 0 N–H and O–H groups in total. The SMILES string of the molecule is N#CC1=CSC=CN=C1. The van der Waals surface area contributed by atoms with Gasteiger partial charge in [-0.3, -0.25) is 4.99 Å². The lowest BCUT2D eigenvalue weighted by molar-refractivity contribution is 1.51. The molecule has 0 aromatic rings. The molecule has 9 heavy (non-hydrogen) atoms. The van der Waals surface area contributed by atoms with Crippen LogP contribution in [-0.4, -0.2) is 6.21 Å². The number of hydrogen-bond donors (Lipinski definition) is 0. The third-order valence-electron chi connectivity index (χ3n) is 0.763. The van der Waals surface area contributed by atoms with Crippen LogP contribution in [0.25, 0.3) is 0 Å². The predicted molar refractivity (Wildman–Crippen MR) is 38.9 cm³/mol. The fraction of sp³-hybridized carbons (Fsp3) is 0. The first-order valence-electron chi connectivity index (χ1n) is 2.37. The normalized spacial score (nSPS) is 16.1. The van der Waals surface area contributed by atoms with Crippen molar-refractivity contribution in [1.82, 2.24) is 0 Å². The summed E-state index contributed by atoms with van der Waals surface area (Å²) in [7, 11) is 0. The molecule has 3 heteroatoms. The number of hydrogen-bond acceptors (Lipinski definition) is 3. The Bertz CT molecular complexity index is 220. The second-order valence-electron chi connectivity index (χ2n) is 1.38. The van der Waals surface area contributed by atoms with Crippen molar-refractivity contribution < 1.29 is 0 Å². The van der Waals surface area contributed by atoms with Crippen LogP contribution >= 0.6 is 11.8 Å². The summed E-state index contributed by atoms with van der Waals surface area (Å²) in [6.45, 7) is 0. The van der Waals surface area contributed by atoms with Gasteiger partial charge in [0.2, 0.25) is 0 Å². The van der Waals surface area contributed by atoms with Gasteiger partial charge in [0.25, 0.3) is 0 Å². The van der Waals surface area contributed by atoms with E-state index in [0.29, 0.717) is 5.57 Å². The van der Waals surface area contributed by atoms with Crippen molar-refractivity contribution in [2.24, 2.45) is 4.99 Å². The van der Waals surface area contributed by atoms with E-state index in [1.807, 2.05) is 11.5 Å². The summed E-state index contributed by atoms with van der Waals surface area (Å²) in [5, 5.41) is 11.9. The predicted octanol–water partition coefficient (Wildman–Crippen LogP) is 1.68. The molecule has 0 amide bonds. The summed E-state index contributed by atoms with van der Waals surface area (Å²) >= 11 is 1.46. The Kier molecular flexibility index (Phi) is 2.11. The zero-order chi connectivity index (χ0) is 6.53. The molecule has 2 nitrogen and oxygen atoms in total. The van der Waals surface area contributed by atoms with E-state index in [1.54, 1.807) is 11.6 Å². The number of rotatable bonds is 0. The highest BCUT2D eigenvalue weighted by molar-refractivity contribution is 8.04. The lowest BCUT2D eigenvalue weighted by Gasteiger charge is -1.77. The molecule has 1 rings (SSSR count). The Labute approximate surface area is 57.6 Å². The molecule has 0 unspecified atom stereocenters. The van der Waals surface area contributed by atoms with Crippen LogP contribution in [0.1, 0.15) is 0 Å². The van der Waals surface area contributed by atoms with E-state index in [4.69, 9.17) is 5.26 Å². The van der Waals surface area contributed by atoms with E-state index in [9.17, 15) is 0 Å². The van der Waals surface area contributed by atoms with E-state index in [2.05, 4.69) is 4.99 Å². The van der Waals surface area contributed by atoms with Crippen molar-refractivity contribution in [3.05, 3.63) is 22.6 Å². The minimum atomic E-state index is 0.602. The van der Waals surface area contributed by atoms with Crippen molar-refractivity contribution in [2.45, 2.75) is 0 Å². The molecule has 1 heterocycles. The average molecular weight is 136 g/mol. The van der Waals surface area contributed by atoms with E-state index in [-0.39, 0.29) is 0 Å². The van der Waals surface area contributed by atoms with Gasteiger partial charge < -0.3 is 0 Å². The molecule has 0 fully saturated rings. The van der Waals surface area contributed by atoms with Crippen LogP contribution < -0.4 is 0 Å². The van der Waals surface area contributed by atoms with Gasteiger partial charge >= 0.3 is 0 Å². The molecule has 44 valence electrons. The highest BCUT2D eigenvalue weighted by Gasteiger charge is 1.88. The van der Waals surface area contributed by atoms with Crippen molar-refractivity contribution in [3.63, 3.8) is 0 Å². The molecule has 0 saturated carbocycles. The second kappa shape index (κ2) is 3.10. The lowest BCUT2D eigenvalue weighted by atomic mass is 10.4. The van der Waals surface area contributed by atoms with Gasteiger partial charge in [-0.05, 0) is 10.8 Å². The number of nitriles is 1. The maximum absolute atomic E-state index is 8.37. The first-order valence-corrected chi connectivity index (χ1v) is 3.31. The monoisotopic (exact) mass is 136 g/mol. The van der Waals surface area contributed by atoms with Crippen LogP contribution in [0.5, 0.6) is 0 Å². The minimum absolute atomic E-state index is 0.602. The molecule has 0 aromatic heterocycles. The molecule has 0 bridgehead atoms. The largest absolute Gasteiger partial charge is 0.263 e. The van der Waals surface area contributed by atoms with Crippen LogP contribution in [-0.2, 0) is 0 Å². The van der Waals surface area contributed by atoms with Gasteiger partial charge in [-0.15, -0.1) is 11.8 Å². The van der Waals surface area contributed by atoms with Gasteiger partial charge in [0.05, 0.1) is 5.57 Å². The Morgan fingerprint density at radius 3 is 3.33 bits per heavy atom. The zero-order valence-corrected chi connectivity index (χ0v) is 5.43. The van der Waals surface area contributed by atoms with Crippen molar-refractivity contribution in [2.75, 3.05) is 0 Å². The standard InChI is InChI=1S/C6H4N2S/c7-3-6-4-8-1-2-9-5-6/h1-2,4-5H.